The van der Waals surface area contributed by atoms with Gasteiger partial charge in [-0.2, -0.15) is 0 Å². The molecular formula is C7H8N4. The Morgan fingerprint density at radius 2 is 2.18 bits per heavy atom. The van der Waals surface area contributed by atoms with Crippen molar-refractivity contribution in [2.75, 3.05) is 0 Å². The third-order valence-electron chi connectivity index (χ3n) is 1.70. The van der Waals surface area contributed by atoms with Crippen LogP contribution >= 0.6 is 0 Å². The fourth-order valence-electron chi connectivity index (χ4n) is 0.956. The van der Waals surface area contributed by atoms with Crippen molar-refractivity contribution in [3.8, 4) is 11.5 Å². The van der Waals surface area contributed by atoms with Gasteiger partial charge in [0.1, 0.15) is 17.8 Å². The minimum atomic E-state index is 0.723. The molecule has 2 aliphatic heterocycles. The topological polar surface area (TPSA) is 43.6 Å². The molecule has 0 unspecified atom stereocenters. The molecular weight excluding hydrogens is 140 g/mol. The van der Waals surface area contributed by atoms with Crippen LogP contribution in [0.25, 0.3) is 11.5 Å². The van der Waals surface area contributed by atoms with Gasteiger partial charge in [0.15, 0.2) is 5.82 Å². The van der Waals surface area contributed by atoms with Crippen LogP contribution in [0.1, 0.15) is 5.82 Å². The van der Waals surface area contributed by atoms with E-state index in [1.54, 1.807) is 0 Å². The Kier molecular flexibility index (Phi) is 1.15. The summed E-state index contributed by atoms with van der Waals surface area (Å²) in [5, 5.41) is 0. The Hall–Kier alpha value is -1.45. The molecule has 4 nitrogen and oxygen atoms in total. The SMILES string of the molecule is Cc1nc2ncnc-2cn1C. The maximum absolute atomic E-state index is 4.22. The van der Waals surface area contributed by atoms with Crippen molar-refractivity contribution in [1.82, 2.24) is 19.5 Å². The number of hydrogen-bond donors (Lipinski definition) is 0. The highest BCUT2D eigenvalue weighted by Crippen LogP contribution is 2.12. The minimum absolute atomic E-state index is 0.723. The number of aryl methyl sites for hydroxylation is 2. The molecule has 11 heavy (non-hydrogen) atoms. The summed E-state index contributed by atoms with van der Waals surface area (Å²) >= 11 is 0. The molecule has 0 saturated heterocycles. The van der Waals surface area contributed by atoms with Crippen molar-refractivity contribution in [3.63, 3.8) is 0 Å². The molecule has 0 radical (unpaired) electrons. The zero-order valence-corrected chi connectivity index (χ0v) is 6.44. The predicted octanol–water partition coefficient (Wildman–Crippen LogP) is 0.623. The van der Waals surface area contributed by atoms with Gasteiger partial charge in [0.05, 0.1) is 0 Å². The van der Waals surface area contributed by atoms with E-state index in [4.69, 9.17) is 0 Å². The minimum Gasteiger partial charge on any atom is -0.337 e. The van der Waals surface area contributed by atoms with Crippen molar-refractivity contribution >= 4 is 0 Å². The zero-order valence-electron chi connectivity index (χ0n) is 6.44. The summed E-state index contributed by atoms with van der Waals surface area (Å²) in [6, 6.07) is 0. The van der Waals surface area contributed by atoms with Gasteiger partial charge in [-0.05, 0) is 6.92 Å². The highest BCUT2D eigenvalue weighted by molar-refractivity contribution is 5.48. The molecule has 2 rings (SSSR count). The lowest BCUT2D eigenvalue weighted by atomic mass is 10.4. The van der Waals surface area contributed by atoms with Gasteiger partial charge in [-0.3, -0.25) is 0 Å². The van der Waals surface area contributed by atoms with Crippen LogP contribution in [0.5, 0.6) is 0 Å². The van der Waals surface area contributed by atoms with E-state index in [0.717, 1.165) is 17.3 Å². The molecule has 0 amide bonds. The van der Waals surface area contributed by atoms with Crippen LogP contribution in [0.4, 0.5) is 0 Å². The lowest BCUT2D eigenvalue weighted by Gasteiger charge is -2.03. The Labute approximate surface area is 64.3 Å². The summed E-state index contributed by atoms with van der Waals surface area (Å²) in [6.45, 7) is 1.94. The van der Waals surface area contributed by atoms with Crippen LogP contribution < -0.4 is 0 Å². The molecule has 0 aromatic heterocycles. The number of fused-ring (bicyclic) bond motifs is 1. The number of aromatic nitrogens is 4. The van der Waals surface area contributed by atoms with E-state index in [9.17, 15) is 0 Å². The molecule has 0 fully saturated rings. The van der Waals surface area contributed by atoms with E-state index in [-0.39, 0.29) is 0 Å². The smallest absolute Gasteiger partial charge is 0.182 e. The first-order chi connectivity index (χ1) is 5.27. The number of nitrogens with zero attached hydrogens (tertiary/aromatic N) is 4. The fourth-order valence-corrected chi connectivity index (χ4v) is 0.956. The van der Waals surface area contributed by atoms with E-state index in [0.29, 0.717) is 0 Å². The first-order valence-electron chi connectivity index (χ1n) is 3.38. The molecule has 56 valence electrons. The second-order valence-corrected chi connectivity index (χ2v) is 2.48. The first-order valence-corrected chi connectivity index (χ1v) is 3.38. The van der Waals surface area contributed by atoms with Crippen LogP contribution in [0.15, 0.2) is 12.5 Å². The molecule has 0 atom stereocenters. The average molecular weight is 148 g/mol. The third-order valence-corrected chi connectivity index (χ3v) is 1.70. The van der Waals surface area contributed by atoms with E-state index in [1.807, 2.05) is 24.7 Å². The van der Waals surface area contributed by atoms with Crippen molar-refractivity contribution < 1.29 is 0 Å². The third kappa shape index (κ3) is 0.869. The summed E-state index contributed by atoms with van der Waals surface area (Å²) in [4.78, 5) is 12.2. The van der Waals surface area contributed by atoms with E-state index in [2.05, 4.69) is 15.0 Å². The fraction of sp³-hybridized carbons (Fsp3) is 0.286. The summed E-state index contributed by atoms with van der Waals surface area (Å²) in [5.41, 5.74) is 0.845. The van der Waals surface area contributed by atoms with E-state index < -0.39 is 0 Å². The maximum Gasteiger partial charge on any atom is 0.182 e. The van der Waals surface area contributed by atoms with Gasteiger partial charge < -0.3 is 4.57 Å². The Bertz CT molecular complexity index is 319. The van der Waals surface area contributed by atoms with Gasteiger partial charge in [-0.1, -0.05) is 0 Å². The Balaban J connectivity index is 2.77. The summed E-state index contributed by atoms with van der Waals surface area (Å²) in [7, 11) is 1.94. The second-order valence-electron chi connectivity index (χ2n) is 2.48. The quantitative estimate of drug-likeness (QED) is 0.550. The number of rotatable bonds is 0. The van der Waals surface area contributed by atoms with Gasteiger partial charge in [0.25, 0.3) is 0 Å². The van der Waals surface area contributed by atoms with Gasteiger partial charge in [-0.15, -0.1) is 0 Å². The summed E-state index contributed by atoms with van der Waals surface area (Å²) < 4.78 is 1.93. The van der Waals surface area contributed by atoms with Crippen LogP contribution in [-0.4, -0.2) is 19.5 Å². The molecule has 0 saturated carbocycles. The maximum atomic E-state index is 4.22. The highest BCUT2D eigenvalue weighted by atomic mass is 15.1. The largest absolute Gasteiger partial charge is 0.337 e. The molecule has 0 aliphatic carbocycles. The van der Waals surface area contributed by atoms with Gasteiger partial charge >= 0.3 is 0 Å². The molecule has 0 bridgehead atoms. The Morgan fingerprint density at radius 1 is 1.36 bits per heavy atom. The van der Waals surface area contributed by atoms with E-state index >= 15 is 0 Å². The van der Waals surface area contributed by atoms with E-state index in [1.165, 1.54) is 6.33 Å². The Morgan fingerprint density at radius 3 is 3.00 bits per heavy atom. The first kappa shape index (κ1) is 6.27. The standard InChI is InChI=1S/C7H8N4/c1-5-10-7-6(3-11(5)2)8-4-9-7/h3-4H,1-2H3. The lowest BCUT2D eigenvalue weighted by Crippen LogP contribution is -2.01. The van der Waals surface area contributed by atoms with Gasteiger partial charge in [0, 0.05) is 13.2 Å². The van der Waals surface area contributed by atoms with Gasteiger partial charge in [0.2, 0.25) is 0 Å². The number of hydrogen-bond acceptors (Lipinski definition) is 3. The zero-order chi connectivity index (χ0) is 7.84. The lowest BCUT2D eigenvalue weighted by molar-refractivity contribution is 0.804. The summed E-state index contributed by atoms with van der Waals surface area (Å²) in [6.07, 6.45) is 3.45. The normalized spacial score (nSPS) is 10.7. The van der Waals surface area contributed by atoms with Gasteiger partial charge in [-0.25, -0.2) is 15.0 Å². The molecule has 0 N–H and O–H groups in total. The molecule has 0 spiro atoms. The summed E-state index contributed by atoms with van der Waals surface area (Å²) in [5.74, 6) is 1.67. The molecule has 2 heterocycles. The van der Waals surface area contributed by atoms with Crippen LogP contribution in [-0.2, 0) is 7.05 Å². The van der Waals surface area contributed by atoms with Crippen molar-refractivity contribution in [3.05, 3.63) is 18.3 Å². The second kappa shape index (κ2) is 2.02. The monoisotopic (exact) mass is 148 g/mol. The highest BCUT2D eigenvalue weighted by Gasteiger charge is 2.07. The van der Waals surface area contributed by atoms with Crippen molar-refractivity contribution in [2.45, 2.75) is 6.92 Å². The van der Waals surface area contributed by atoms with Crippen LogP contribution in [0.2, 0.25) is 0 Å². The van der Waals surface area contributed by atoms with Crippen LogP contribution in [0, 0.1) is 6.92 Å². The van der Waals surface area contributed by atoms with Crippen LogP contribution in [0.3, 0.4) is 0 Å². The number of imidazole rings is 1. The predicted molar refractivity (Wildman–Crippen MR) is 40.2 cm³/mol. The molecule has 4 heteroatoms. The molecule has 0 aromatic rings. The average Bonchev–Trinajstić information content (AvgIpc) is 2.36. The van der Waals surface area contributed by atoms with Crippen molar-refractivity contribution in [1.29, 1.82) is 0 Å². The van der Waals surface area contributed by atoms with Crippen molar-refractivity contribution in [2.24, 2.45) is 7.05 Å². The molecule has 0 aromatic carbocycles. The molecule has 2 aliphatic rings.